The molecule has 1 atom stereocenters. The number of nitrogens with zero attached hydrogens (tertiary/aromatic N) is 2. The average Bonchev–Trinajstić information content (AvgIpc) is 2.46. The van der Waals surface area contributed by atoms with E-state index in [1.54, 1.807) is 29.4 Å². The van der Waals surface area contributed by atoms with Crippen LogP contribution < -0.4 is 0 Å². The van der Waals surface area contributed by atoms with Crippen molar-refractivity contribution in [3.63, 3.8) is 0 Å². The zero-order chi connectivity index (χ0) is 14.4. The molecule has 0 radical (unpaired) electrons. The molecule has 1 unspecified atom stereocenters. The van der Waals surface area contributed by atoms with Crippen LogP contribution in [0.4, 0.5) is 0 Å². The number of amides is 1. The number of carboxylic acids is 1. The highest BCUT2D eigenvalue weighted by Crippen LogP contribution is 2.12. The van der Waals surface area contributed by atoms with E-state index in [-0.39, 0.29) is 18.9 Å². The van der Waals surface area contributed by atoms with Crippen LogP contribution in [0.2, 0.25) is 0 Å². The molecule has 1 aromatic rings. The molecule has 6 heteroatoms. The van der Waals surface area contributed by atoms with E-state index in [4.69, 9.17) is 9.84 Å². The first-order chi connectivity index (χ1) is 9.66. The van der Waals surface area contributed by atoms with Crippen LogP contribution in [0.3, 0.4) is 0 Å². The molecule has 1 aliphatic rings. The first-order valence-corrected chi connectivity index (χ1v) is 6.35. The molecule has 1 aliphatic heterocycles. The molecule has 0 aromatic carbocycles. The van der Waals surface area contributed by atoms with Gasteiger partial charge in [0.1, 0.15) is 0 Å². The number of carbonyl (C=O) groups excluding carboxylic acids is 1. The van der Waals surface area contributed by atoms with Gasteiger partial charge < -0.3 is 14.7 Å². The summed E-state index contributed by atoms with van der Waals surface area (Å²) in [4.78, 5) is 28.4. The molecule has 1 N–H and O–H groups in total. The van der Waals surface area contributed by atoms with Crippen LogP contribution in [0.5, 0.6) is 0 Å². The summed E-state index contributed by atoms with van der Waals surface area (Å²) in [6.07, 6.45) is 6.31. The van der Waals surface area contributed by atoms with Crippen molar-refractivity contribution in [1.29, 1.82) is 0 Å². The maximum Gasteiger partial charge on any atom is 0.305 e. The second kappa shape index (κ2) is 6.81. The highest BCUT2D eigenvalue weighted by molar-refractivity contribution is 5.92. The zero-order valence-corrected chi connectivity index (χ0v) is 10.9. The van der Waals surface area contributed by atoms with E-state index >= 15 is 0 Å². The molecule has 1 fully saturated rings. The predicted octanol–water partition coefficient (Wildman–Crippen LogP) is 0.797. The van der Waals surface area contributed by atoms with Gasteiger partial charge in [0.05, 0.1) is 25.7 Å². The molecule has 0 saturated carbocycles. The average molecular weight is 276 g/mol. The fourth-order valence-electron chi connectivity index (χ4n) is 2.05. The number of ether oxygens (including phenoxy) is 1. The Labute approximate surface area is 116 Å². The van der Waals surface area contributed by atoms with Crippen molar-refractivity contribution in [2.24, 2.45) is 0 Å². The number of carbonyl (C=O) groups is 2. The Balaban J connectivity index is 2.02. The second-order valence-corrected chi connectivity index (χ2v) is 4.48. The standard InChI is InChI=1S/C14H16N2O4/c17-13(4-3-11-2-1-5-15-9-11)16-6-7-20-10-12(16)8-14(18)19/h1-5,9,12H,6-8,10H2,(H,18,19)/b4-3+. The van der Waals surface area contributed by atoms with E-state index in [1.807, 2.05) is 6.07 Å². The van der Waals surface area contributed by atoms with Crippen molar-refractivity contribution in [3.05, 3.63) is 36.2 Å². The third-order valence-electron chi connectivity index (χ3n) is 3.02. The number of morpholine rings is 1. The lowest BCUT2D eigenvalue weighted by atomic mass is 10.1. The summed E-state index contributed by atoms with van der Waals surface area (Å²) in [6.45, 7) is 1.11. The number of aromatic nitrogens is 1. The van der Waals surface area contributed by atoms with Gasteiger partial charge in [-0.25, -0.2) is 0 Å². The fourth-order valence-corrected chi connectivity index (χ4v) is 2.05. The molecule has 0 spiro atoms. The highest BCUT2D eigenvalue weighted by Gasteiger charge is 2.27. The second-order valence-electron chi connectivity index (χ2n) is 4.48. The largest absolute Gasteiger partial charge is 0.481 e. The molecule has 0 bridgehead atoms. The Morgan fingerprint density at radius 1 is 1.55 bits per heavy atom. The Morgan fingerprint density at radius 3 is 3.10 bits per heavy atom. The molecular weight excluding hydrogens is 260 g/mol. The number of rotatable bonds is 4. The van der Waals surface area contributed by atoms with Crippen molar-refractivity contribution in [2.75, 3.05) is 19.8 Å². The van der Waals surface area contributed by atoms with Crippen LogP contribution in [0.15, 0.2) is 30.6 Å². The first kappa shape index (κ1) is 14.2. The van der Waals surface area contributed by atoms with Crippen molar-refractivity contribution in [3.8, 4) is 0 Å². The molecule has 106 valence electrons. The van der Waals surface area contributed by atoms with Gasteiger partial charge in [-0.05, 0) is 17.7 Å². The molecule has 2 rings (SSSR count). The van der Waals surface area contributed by atoms with Gasteiger partial charge in [0, 0.05) is 25.0 Å². The summed E-state index contributed by atoms with van der Waals surface area (Å²) in [5, 5.41) is 8.85. The van der Waals surface area contributed by atoms with Gasteiger partial charge in [0.15, 0.2) is 0 Å². The minimum atomic E-state index is -0.936. The minimum Gasteiger partial charge on any atom is -0.481 e. The number of aliphatic carboxylic acids is 1. The predicted molar refractivity (Wildman–Crippen MR) is 71.8 cm³/mol. The first-order valence-electron chi connectivity index (χ1n) is 6.35. The van der Waals surface area contributed by atoms with Crippen molar-refractivity contribution >= 4 is 18.0 Å². The topological polar surface area (TPSA) is 79.7 Å². The van der Waals surface area contributed by atoms with Gasteiger partial charge in [0.25, 0.3) is 0 Å². The summed E-state index contributed by atoms with van der Waals surface area (Å²) < 4.78 is 5.23. The molecular formula is C14H16N2O4. The highest BCUT2D eigenvalue weighted by atomic mass is 16.5. The Morgan fingerprint density at radius 2 is 2.40 bits per heavy atom. The van der Waals surface area contributed by atoms with Crippen LogP contribution in [0, 0.1) is 0 Å². The fraction of sp³-hybridized carbons (Fsp3) is 0.357. The maximum absolute atomic E-state index is 12.1. The van der Waals surface area contributed by atoms with E-state index in [1.165, 1.54) is 6.08 Å². The van der Waals surface area contributed by atoms with Crippen LogP contribution in [-0.2, 0) is 14.3 Å². The summed E-state index contributed by atoms with van der Waals surface area (Å²) >= 11 is 0. The number of hydrogen-bond acceptors (Lipinski definition) is 4. The SMILES string of the molecule is O=C(O)CC1COCCN1C(=O)/C=C/c1cccnc1. The van der Waals surface area contributed by atoms with E-state index in [0.717, 1.165) is 5.56 Å². The monoisotopic (exact) mass is 276 g/mol. The normalized spacial score (nSPS) is 19.2. The quantitative estimate of drug-likeness (QED) is 0.823. The van der Waals surface area contributed by atoms with Crippen molar-refractivity contribution in [1.82, 2.24) is 9.88 Å². The van der Waals surface area contributed by atoms with E-state index in [0.29, 0.717) is 13.2 Å². The summed E-state index contributed by atoms with van der Waals surface area (Å²) in [7, 11) is 0. The minimum absolute atomic E-state index is 0.105. The number of carboxylic acid groups (broad SMARTS) is 1. The smallest absolute Gasteiger partial charge is 0.305 e. The lowest BCUT2D eigenvalue weighted by molar-refractivity contribution is -0.143. The van der Waals surface area contributed by atoms with Gasteiger partial charge in [-0.1, -0.05) is 6.07 Å². The Hall–Kier alpha value is -2.21. The third-order valence-corrected chi connectivity index (χ3v) is 3.02. The Bertz CT molecular complexity index is 501. The van der Waals surface area contributed by atoms with Crippen molar-refractivity contribution < 1.29 is 19.4 Å². The Kier molecular flexibility index (Phi) is 4.84. The molecule has 20 heavy (non-hydrogen) atoms. The lowest BCUT2D eigenvalue weighted by Gasteiger charge is -2.34. The van der Waals surface area contributed by atoms with Gasteiger partial charge in [-0.2, -0.15) is 0 Å². The lowest BCUT2D eigenvalue weighted by Crippen LogP contribution is -2.49. The zero-order valence-electron chi connectivity index (χ0n) is 10.9. The van der Waals surface area contributed by atoms with Crippen LogP contribution in [-0.4, -0.2) is 52.7 Å². The van der Waals surface area contributed by atoms with Crippen LogP contribution in [0.25, 0.3) is 6.08 Å². The third kappa shape index (κ3) is 3.89. The van der Waals surface area contributed by atoms with Gasteiger partial charge >= 0.3 is 5.97 Å². The molecule has 1 saturated heterocycles. The van der Waals surface area contributed by atoms with Crippen molar-refractivity contribution in [2.45, 2.75) is 12.5 Å². The molecule has 2 heterocycles. The summed E-state index contributed by atoms with van der Waals surface area (Å²) in [6, 6.07) is 3.21. The van der Waals surface area contributed by atoms with Crippen LogP contribution in [0.1, 0.15) is 12.0 Å². The molecule has 6 nitrogen and oxygen atoms in total. The molecule has 1 amide bonds. The number of pyridine rings is 1. The van der Waals surface area contributed by atoms with E-state index < -0.39 is 12.0 Å². The summed E-state index contributed by atoms with van der Waals surface area (Å²) in [5.41, 5.74) is 0.823. The number of hydrogen-bond donors (Lipinski definition) is 1. The van der Waals surface area contributed by atoms with E-state index in [9.17, 15) is 9.59 Å². The molecule has 0 aliphatic carbocycles. The van der Waals surface area contributed by atoms with Gasteiger partial charge in [-0.3, -0.25) is 14.6 Å². The van der Waals surface area contributed by atoms with Gasteiger partial charge in [-0.15, -0.1) is 0 Å². The van der Waals surface area contributed by atoms with Crippen LogP contribution >= 0.6 is 0 Å². The maximum atomic E-state index is 12.1. The molecule has 1 aromatic heterocycles. The van der Waals surface area contributed by atoms with Gasteiger partial charge in [0.2, 0.25) is 5.91 Å². The summed E-state index contributed by atoms with van der Waals surface area (Å²) in [5.74, 6) is -1.14. The van der Waals surface area contributed by atoms with E-state index in [2.05, 4.69) is 4.98 Å².